The minimum absolute atomic E-state index is 0.676. The Balaban J connectivity index is 2.03. The average Bonchev–Trinajstić information content (AvgIpc) is 2.84. The number of imidazole rings is 1. The van der Waals surface area contributed by atoms with Crippen molar-refractivity contribution in [3.8, 4) is 5.69 Å². The van der Waals surface area contributed by atoms with Crippen LogP contribution in [-0.2, 0) is 6.42 Å². The van der Waals surface area contributed by atoms with E-state index in [0.717, 1.165) is 23.3 Å². The normalized spacial score (nSPS) is 10.9. The molecule has 0 spiro atoms. The molecule has 2 heterocycles. The van der Waals surface area contributed by atoms with Crippen molar-refractivity contribution in [2.24, 2.45) is 5.73 Å². The van der Waals surface area contributed by atoms with Crippen LogP contribution < -0.4 is 5.73 Å². The number of hydrogen-bond donors (Lipinski definition) is 1. The summed E-state index contributed by atoms with van der Waals surface area (Å²) in [6, 6.07) is 12.2. The molecule has 0 unspecified atom stereocenters. The number of hydrogen-bond acceptors (Lipinski definition) is 3. The highest BCUT2D eigenvalue weighted by molar-refractivity contribution is 5.72. The van der Waals surface area contributed by atoms with Gasteiger partial charge in [-0.1, -0.05) is 12.1 Å². The fourth-order valence-electron chi connectivity index (χ4n) is 2.03. The Morgan fingerprint density at radius 3 is 2.67 bits per heavy atom. The maximum atomic E-state index is 5.54. The van der Waals surface area contributed by atoms with Gasteiger partial charge in [-0.3, -0.25) is 4.57 Å². The highest BCUT2D eigenvalue weighted by atomic mass is 15.1. The van der Waals surface area contributed by atoms with Crippen LogP contribution in [0, 0.1) is 0 Å². The van der Waals surface area contributed by atoms with Crippen molar-refractivity contribution in [3.05, 3.63) is 54.5 Å². The van der Waals surface area contributed by atoms with Crippen LogP contribution in [0.5, 0.6) is 0 Å². The quantitative estimate of drug-likeness (QED) is 0.758. The summed E-state index contributed by atoms with van der Waals surface area (Å²) < 4.78 is 1.99. The number of nitrogens with zero attached hydrogens (tertiary/aromatic N) is 3. The van der Waals surface area contributed by atoms with Crippen LogP contribution in [0.2, 0.25) is 0 Å². The van der Waals surface area contributed by atoms with Gasteiger partial charge < -0.3 is 5.73 Å². The summed E-state index contributed by atoms with van der Waals surface area (Å²) in [6.45, 7) is 0.676. The summed E-state index contributed by atoms with van der Waals surface area (Å²) in [5.41, 5.74) is 9.64. The summed E-state index contributed by atoms with van der Waals surface area (Å²) in [4.78, 5) is 8.69. The second-order valence-electron chi connectivity index (χ2n) is 4.17. The van der Waals surface area contributed by atoms with Gasteiger partial charge in [-0.15, -0.1) is 0 Å². The van der Waals surface area contributed by atoms with Crippen LogP contribution in [0.15, 0.2) is 48.9 Å². The molecular weight excluding hydrogens is 224 g/mol. The van der Waals surface area contributed by atoms with Gasteiger partial charge in [-0.25, -0.2) is 9.97 Å². The summed E-state index contributed by atoms with van der Waals surface area (Å²) in [5, 5.41) is 0. The number of pyridine rings is 1. The molecule has 0 bridgehead atoms. The van der Waals surface area contributed by atoms with Crippen LogP contribution in [0.25, 0.3) is 16.9 Å². The fraction of sp³-hybridized carbons (Fsp3) is 0.143. The van der Waals surface area contributed by atoms with Crippen molar-refractivity contribution in [3.63, 3.8) is 0 Å². The second-order valence-corrected chi connectivity index (χ2v) is 4.17. The highest BCUT2D eigenvalue weighted by Crippen LogP contribution is 2.16. The van der Waals surface area contributed by atoms with E-state index in [0.29, 0.717) is 6.54 Å². The number of nitrogens with two attached hydrogens (primary N) is 1. The minimum atomic E-state index is 0.676. The lowest BCUT2D eigenvalue weighted by Gasteiger charge is -2.05. The maximum Gasteiger partial charge on any atom is 0.164 e. The molecule has 4 heteroatoms. The van der Waals surface area contributed by atoms with E-state index in [1.54, 1.807) is 12.5 Å². The van der Waals surface area contributed by atoms with Gasteiger partial charge in [0.2, 0.25) is 0 Å². The molecule has 0 amide bonds. The second kappa shape index (κ2) is 4.58. The summed E-state index contributed by atoms with van der Waals surface area (Å²) in [5.74, 6) is 0. The summed E-state index contributed by atoms with van der Waals surface area (Å²) >= 11 is 0. The van der Waals surface area contributed by atoms with Gasteiger partial charge in [0, 0.05) is 11.9 Å². The monoisotopic (exact) mass is 238 g/mol. The molecule has 0 aliphatic carbocycles. The predicted molar refractivity (Wildman–Crippen MR) is 71.6 cm³/mol. The molecule has 1 aromatic carbocycles. The lowest BCUT2D eigenvalue weighted by molar-refractivity contribution is 0.965. The fourth-order valence-corrected chi connectivity index (χ4v) is 2.03. The van der Waals surface area contributed by atoms with E-state index in [1.165, 1.54) is 5.56 Å². The van der Waals surface area contributed by atoms with Gasteiger partial charge in [0.05, 0.1) is 0 Å². The SMILES string of the molecule is NCCc1ccc(-n2cnc3cccnc32)cc1. The molecule has 0 aliphatic heterocycles. The lowest BCUT2D eigenvalue weighted by Crippen LogP contribution is -2.02. The molecule has 0 atom stereocenters. The van der Waals surface area contributed by atoms with Gasteiger partial charge in [0.15, 0.2) is 5.65 Å². The first kappa shape index (κ1) is 10.9. The molecule has 0 fully saturated rings. The van der Waals surface area contributed by atoms with Gasteiger partial charge in [-0.2, -0.15) is 0 Å². The third-order valence-electron chi connectivity index (χ3n) is 2.95. The molecule has 3 aromatic rings. The maximum absolute atomic E-state index is 5.54. The van der Waals surface area contributed by atoms with E-state index in [4.69, 9.17) is 5.73 Å². The van der Waals surface area contributed by atoms with Gasteiger partial charge in [0.25, 0.3) is 0 Å². The molecule has 2 N–H and O–H groups in total. The first-order valence-electron chi connectivity index (χ1n) is 5.96. The topological polar surface area (TPSA) is 56.7 Å². The zero-order valence-corrected chi connectivity index (χ0v) is 9.95. The average molecular weight is 238 g/mol. The van der Waals surface area contributed by atoms with E-state index in [-0.39, 0.29) is 0 Å². The Labute approximate surface area is 105 Å². The van der Waals surface area contributed by atoms with E-state index < -0.39 is 0 Å². The Hall–Kier alpha value is -2.20. The van der Waals surface area contributed by atoms with E-state index in [9.17, 15) is 0 Å². The van der Waals surface area contributed by atoms with Crippen molar-refractivity contribution < 1.29 is 0 Å². The summed E-state index contributed by atoms with van der Waals surface area (Å²) in [6.07, 6.45) is 4.49. The Kier molecular flexibility index (Phi) is 2.78. The van der Waals surface area contributed by atoms with Crippen LogP contribution in [0.1, 0.15) is 5.56 Å². The highest BCUT2D eigenvalue weighted by Gasteiger charge is 2.04. The molecule has 0 aliphatic rings. The van der Waals surface area contributed by atoms with Crippen molar-refractivity contribution >= 4 is 11.2 Å². The number of rotatable bonds is 3. The number of benzene rings is 1. The number of aromatic nitrogens is 3. The van der Waals surface area contributed by atoms with E-state index in [2.05, 4.69) is 34.2 Å². The van der Waals surface area contributed by atoms with Crippen molar-refractivity contribution in [2.75, 3.05) is 6.54 Å². The van der Waals surface area contributed by atoms with Crippen LogP contribution >= 0.6 is 0 Å². The number of fused-ring (bicyclic) bond motifs is 1. The van der Waals surface area contributed by atoms with Gasteiger partial charge in [-0.05, 0) is 42.8 Å². The predicted octanol–water partition coefficient (Wildman–Crippen LogP) is 1.92. The molecule has 0 saturated carbocycles. The third kappa shape index (κ3) is 1.87. The first-order chi connectivity index (χ1) is 8.88. The van der Waals surface area contributed by atoms with Crippen LogP contribution in [0.4, 0.5) is 0 Å². The smallest absolute Gasteiger partial charge is 0.164 e. The minimum Gasteiger partial charge on any atom is -0.330 e. The van der Waals surface area contributed by atoms with Gasteiger partial charge >= 0.3 is 0 Å². The van der Waals surface area contributed by atoms with E-state index >= 15 is 0 Å². The largest absolute Gasteiger partial charge is 0.330 e. The van der Waals surface area contributed by atoms with Crippen LogP contribution in [0.3, 0.4) is 0 Å². The zero-order chi connectivity index (χ0) is 12.4. The Morgan fingerprint density at radius 1 is 1.06 bits per heavy atom. The molecule has 3 rings (SSSR count). The first-order valence-corrected chi connectivity index (χ1v) is 5.96. The zero-order valence-electron chi connectivity index (χ0n) is 9.95. The van der Waals surface area contributed by atoms with Crippen molar-refractivity contribution in [2.45, 2.75) is 6.42 Å². The third-order valence-corrected chi connectivity index (χ3v) is 2.95. The molecule has 0 radical (unpaired) electrons. The van der Waals surface area contributed by atoms with Crippen LogP contribution in [-0.4, -0.2) is 21.1 Å². The van der Waals surface area contributed by atoms with Crippen molar-refractivity contribution in [1.29, 1.82) is 0 Å². The Bertz CT molecular complexity index is 655. The molecule has 90 valence electrons. The molecule has 2 aromatic heterocycles. The van der Waals surface area contributed by atoms with Crippen molar-refractivity contribution in [1.82, 2.24) is 14.5 Å². The molecule has 18 heavy (non-hydrogen) atoms. The molecule has 0 saturated heterocycles. The van der Waals surface area contributed by atoms with E-state index in [1.807, 2.05) is 16.7 Å². The standard InChI is InChI=1S/C14H14N4/c15-8-7-11-3-5-12(6-4-11)18-10-17-13-2-1-9-16-14(13)18/h1-6,9-10H,7-8,15H2. The van der Waals surface area contributed by atoms with Gasteiger partial charge in [0.1, 0.15) is 11.8 Å². The lowest BCUT2D eigenvalue weighted by atomic mass is 10.1. The molecule has 4 nitrogen and oxygen atoms in total. The Morgan fingerprint density at radius 2 is 1.89 bits per heavy atom. The summed E-state index contributed by atoms with van der Waals surface area (Å²) in [7, 11) is 0. The molecular formula is C14H14N4.